The summed E-state index contributed by atoms with van der Waals surface area (Å²) in [6.45, 7) is 0.392. The number of carbonyl (C=O) groups is 2. The maximum atomic E-state index is 12.3. The third-order valence-corrected chi connectivity index (χ3v) is 5.05. The van der Waals surface area contributed by atoms with Crippen molar-refractivity contribution in [2.75, 3.05) is 5.32 Å². The fourth-order valence-corrected chi connectivity index (χ4v) is 3.29. The largest absolute Gasteiger partial charge is 0.489 e. The van der Waals surface area contributed by atoms with Crippen LogP contribution in [0.2, 0.25) is 5.02 Å². The Morgan fingerprint density at radius 2 is 1.64 bits per heavy atom. The van der Waals surface area contributed by atoms with Gasteiger partial charge in [-0.3, -0.25) is 9.59 Å². The van der Waals surface area contributed by atoms with Gasteiger partial charge in [0.2, 0.25) is 0 Å². The number of carbonyl (C=O) groups excluding carboxylic acids is 2. The summed E-state index contributed by atoms with van der Waals surface area (Å²) in [4.78, 5) is 24.4. The van der Waals surface area contributed by atoms with Crippen LogP contribution in [0.4, 0.5) is 5.69 Å². The van der Waals surface area contributed by atoms with E-state index >= 15 is 0 Å². The first kappa shape index (κ1) is 22.0. The van der Waals surface area contributed by atoms with E-state index in [0.29, 0.717) is 28.6 Å². The highest BCUT2D eigenvalue weighted by atomic mass is 35.5. The van der Waals surface area contributed by atoms with Crippen molar-refractivity contribution < 1.29 is 14.3 Å². The van der Waals surface area contributed by atoms with E-state index in [2.05, 4.69) is 15.8 Å². The van der Waals surface area contributed by atoms with E-state index in [1.807, 2.05) is 72.8 Å². The fourth-order valence-electron chi connectivity index (χ4n) is 3.16. The molecule has 0 aliphatic rings. The van der Waals surface area contributed by atoms with E-state index in [4.69, 9.17) is 16.3 Å². The molecule has 0 spiro atoms. The number of nitrogens with zero attached hydrogens (tertiary/aromatic N) is 1. The van der Waals surface area contributed by atoms with Gasteiger partial charge in [-0.2, -0.15) is 5.10 Å². The predicted molar refractivity (Wildman–Crippen MR) is 131 cm³/mol. The Labute approximate surface area is 195 Å². The van der Waals surface area contributed by atoms with Crippen molar-refractivity contribution in [3.8, 4) is 5.75 Å². The Morgan fingerprint density at radius 1 is 0.879 bits per heavy atom. The quantitative estimate of drug-likeness (QED) is 0.238. The van der Waals surface area contributed by atoms with E-state index in [9.17, 15) is 9.59 Å². The molecular formula is C26H20ClN3O3. The van der Waals surface area contributed by atoms with Crippen LogP contribution in [0.15, 0.2) is 96.1 Å². The van der Waals surface area contributed by atoms with Gasteiger partial charge in [0, 0.05) is 16.1 Å². The summed E-state index contributed by atoms with van der Waals surface area (Å²) in [6.07, 6.45) is 1.44. The Balaban J connectivity index is 1.32. The third kappa shape index (κ3) is 5.96. The number of hydrogen-bond donors (Lipinski definition) is 2. The summed E-state index contributed by atoms with van der Waals surface area (Å²) >= 11 is 5.89. The van der Waals surface area contributed by atoms with Gasteiger partial charge in [-0.05, 0) is 46.8 Å². The van der Waals surface area contributed by atoms with Crippen molar-refractivity contribution >= 4 is 46.1 Å². The van der Waals surface area contributed by atoms with Crippen molar-refractivity contribution in [3.63, 3.8) is 0 Å². The van der Waals surface area contributed by atoms with E-state index in [1.165, 1.54) is 6.21 Å². The summed E-state index contributed by atoms with van der Waals surface area (Å²) < 4.78 is 5.78. The highest BCUT2D eigenvalue weighted by Gasteiger charge is 2.14. The molecule has 33 heavy (non-hydrogen) atoms. The van der Waals surface area contributed by atoms with Crippen molar-refractivity contribution in [1.82, 2.24) is 5.43 Å². The van der Waals surface area contributed by atoms with Crippen LogP contribution in [0.5, 0.6) is 5.75 Å². The van der Waals surface area contributed by atoms with E-state index in [1.54, 1.807) is 18.2 Å². The van der Waals surface area contributed by atoms with Gasteiger partial charge < -0.3 is 10.1 Å². The lowest BCUT2D eigenvalue weighted by atomic mass is 10.1. The number of anilines is 1. The molecule has 0 aromatic heterocycles. The zero-order chi connectivity index (χ0) is 23.0. The first-order valence-electron chi connectivity index (χ1n) is 10.2. The Bertz CT molecular complexity index is 1310. The summed E-state index contributed by atoms with van der Waals surface area (Å²) in [5, 5.41) is 8.99. The molecule has 0 fully saturated rings. The zero-order valence-corrected chi connectivity index (χ0v) is 18.3. The van der Waals surface area contributed by atoms with Gasteiger partial charge in [0.1, 0.15) is 12.4 Å². The monoisotopic (exact) mass is 457 g/mol. The number of hydrogen-bond acceptors (Lipinski definition) is 4. The van der Waals surface area contributed by atoms with Crippen LogP contribution in [-0.2, 0) is 16.2 Å². The van der Waals surface area contributed by atoms with Crippen molar-refractivity contribution in [2.45, 2.75) is 6.61 Å². The molecule has 4 aromatic rings. The summed E-state index contributed by atoms with van der Waals surface area (Å²) in [5.41, 5.74) is 4.50. The van der Waals surface area contributed by atoms with E-state index < -0.39 is 11.8 Å². The van der Waals surface area contributed by atoms with Gasteiger partial charge in [0.15, 0.2) is 0 Å². The molecule has 164 valence electrons. The van der Waals surface area contributed by atoms with Crippen molar-refractivity contribution in [1.29, 1.82) is 0 Å². The van der Waals surface area contributed by atoms with Gasteiger partial charge in [0.05, 0.1) is 6.21 Å². The topological polar surface area (TPSA) is 79.8 Å². The minimum atomic E-state index is -0.866. The SMILES string of the molecule is O=C(NN=Cc1cccc(OCc2ccc(Cl)cc2)c1)C(=O)Nc1cccc2ccccc12. The molecule has 0 aliphatic carbocycles. The predicted octanol–water partition coefficient (Wildman–Crippen LogP) is 5.16. The molecule has 0 saturated carbocycles. The number of ether oxygens (including phenoxy) is 1. The molecule has 0 atom stereocenters. The number of rotatable bonds is 6. The number of nitrogens with one attached hydrogen (secondary N) is 2. The van der Waals surface area contributed by atoms with Crippen LogP contribution in [0.25, 0.3) is 10.8 Å². The van der Waals surface area contributed by atoms with Crippen LogP contribution < -0.4 is 15.5 Å². The maximum Gasteiger partial charge on any atom is 0.329 e. The lowest BCUT2D eigenvalue weighted by molar-refractivity contribution is -0.136. The average Bonchev–Trinajstić information content (AvgIpc) is 2.84. The normalized spacial score (nSPS) is 10.8. The zero-order valence-electron chi connectivity index (χ0n) is 17.5. The Kier molecular flexibility index (Phi) is 6.97. The van der Waals surface area contributed by atoms with Crippen LogP contribution in [0.1, 0.15) is 11.1 Å². The smallest absolute Gasteiger partial charge is 0.329 e. The lowest BCUT2D eigenvalue weighted by Crippen LogP contribution is -2.32. The van der Waals surface area contributed by atoms with Crippen molar-refractivity contribution in [3.05, 3.63) is 107 Å². The lowest BCUT2D eigenvalue weighted by Gasteiger charge is -2.08. The standard InChI is InChI=1S/C26H20ClN3O3/c27-21-13-11-18(12-14-21)17-33-22-8-3-5-19(15-22)16-28-30-26(32)25(31)29-24-10-4-7-20-6-1-2-9-23(20)24/h1-16H,17H2,(H,29,31)(H,30,32). The van der Waals surface area contributed by atoms with Crippen LogP contribution in [-0.4, -0.2) is 18.0 Å². The van der Waals surface area contributed by atoms with Crippen LogP contribution >= 0.6 is 11.6 Å². The van der Waals surface area contributed by atoms with Gasteiger partial charge in [0.25, 0.3) is 0 Å². The molecular weight excluding hydrogens is 438 g/mol. The molecule has 2 amide bonds. The maximum absolute atomic E-state index is 12.3. The minimum Gasteiger partial charge on any atom is -0.489 e. The number of hydrazone groups is 1. The summed E-state index contributed by atoms with van der Waals surface area (Å²) in [5.74, 6) is -1.02. The average molecular weight is 458 g/mol. The summed E-state index contributed by atoms with van der Waals surface area (Å²) in [6, 6.07) is 27.7. The first-order valence-corrected chi connectivity index (χ1v) is 10.6. The molecule has 0 aliphatic heterocycles. The van der Waals surface area contributed by atoms with Gasteiger partial charge >= 0.3 is 11.8 Å². The molecule has 0 heterocycles. The van der Waals surface area contributed by atoms with Crippen LogP contribution in [0.3, 0.4) is 0 Å². The summed E-state index contributed by atoms with van der Waals surface area (Å²) in [7, 11) is 0. The molecule has 0 bridgehead atoms. The Morgan fingerprint density at radius 3 is 2.48 bits per heavy atom. The molecule has 2 N–H and O–H groups in total. The number of fused-ring (bicyclic) bond motifs is 1. The molecule has 0 saturated heterocycles. The second-order valence-electron chi connectivity index (χ2n) is 7.17. The highest BCUT2D eigenvalue weighted by Crippen LogP contribution is 2.22. The molecule has 0 radical (unpaired) electrons. The molecule has 0 unspecified atom stereocenters. The number of halogens is 1. The van der Waals surface area contributed by atoms with Gasteiger partial charge in [-0.1, -0.05) is 72.3 Å². The van der Waals surface area contributed by atoms with Crippen molar-refractivity contribution in [2.24, 2.45) is 5.10 Å². The van der Waals surface area contributed by atoms with Gasteiger partial charge in [-0.15, -0.1) is 0 Å². The molecule has 6 nitrogen and oxygen atoms in total. The third-order valence-electron chi connectivity index (χ3n) is 4.80. The number of amides is 2. The van der Waals surface area contributed by atoms with Crippen LogP contribution in [0, 0.1) is 0 Å². The Hall–Kier alpha value is -4.16. The molecule has 4 aromatic carbocycles. The minimum absolute atomic E-state index is 0.392. The second kappa shape index (κ2) is 10.4. The second-order valence-corrected chi connectivity index (χ2v) is 7.60. The van der Waals surface area contributed by atoms with E-state index in [-0.39, 0.29) is 0 Å². The van der Waals surface area contributed by atoms with E-state index in [0.717, 1.165) is 16.3 Å². The fraction of sp³-hybridized carbons (Fsp3) is 0.0385. The van der Waals surface area contributed by atoms with Gasteiger partial charge in [-0.25, -0.2) is 5.43 Å². The highest BCUT2D eigenvalue weighted by molar-refractivity contribution is 6.40. The molecule has 4 rings (SSSR count). The first-order chi connectivity index (χ1) is 16.1. The molecule has 7 heteroatoms. The number of benzene rings is 4.